The van der Waals surface area contributed by atoms with E-state index in [2.05, 4.69) is 22.1 Å². The van der Waals surface area contributed by atoms with Crippen molar-refractivity contribution in [2.75, 3.05) is 5.32 Å². The molecular weight excluding hydrogens is 351 g/mol. The molecule has 1 heterocycles. The van der Waals surface area contributed by atoms with Crippen molar-refractivity contribution in [2.24, 2.45) is 0 Å². The Balaban J connectivity index is 1.71. The molecule has 0 aliphatic carbocycles. The normalized spacial score (nSPS) is 9.92. The number of amides is 1. The molecule has 0 atom stereocenters. The Hall–Kier alpha value is -3.16. The Morgan fingerprint density at radius 3 is 2.69 bits per heavy atom. The van der Waals surface area contributed by atoms with Crippen LogP contribution in [0.1, 0.15) is 16.8 Å². The highest BCUT2D eigenvalue weighted by Gasteiger charge is 2.12. The van der Waals surface area contributed by atoms with Crippen molar-refractivity contribution < 1.29 is 9.18 Å². The molecule has 128 valence electrons. The number of nitrogens with one attached hydrogen (secondary N) is 1. The largest absolute Gasteiger partial charge is 0.326 e. The molecule has 0 saturated carbocycles. The van der Waals surface area contributed by atoms with E-state index in [0.29, 0.717) is 11.4 Å². The highest BCUT2D eigenvalue weighted by Crippen LogP contribution is 2.20. The summed E-state index contributed by atoms with van der Waals surface area (Å²) in [5.74, 6) is 5.10. The topological polar surface area (TPSA) is 42.0 Å². The van der Waals surface area contributed by atoms with Gasteiger partial charge < -0.3 is 5.32 Å². The number of pyridine rings is 1. The molecule has 3 aromatic rings. The van der Waals surface area contributed by atoms with Gasteiger partial charge in [0.2, 0.25) is 5.91 Å². The van der Waals surface area contributed by atoms with E-state index < -0.39 is 5.82 Å². The summed E-state index contributed by atoms with van der Waals surface area (Å²) in [6.07, 6.45) is 1.53. The third-order valence-electron chi connectivity index (χ3n) is 3.55. The second-order valence-electron chi connectivity index (χ2n) is 5.47. The van der Waals surface area contributed by atoms with Crippen LogP contribution in [0.3, 0.4) is 0 Å². The van der Waals surface area contributed by atoms with Gasteiger partial charge in [-0.15, -0.1) is 0 Å². The molecule has 0 radical (unpaired) electrons. The van der Waals surface area contributed by atoms with E-state index in [4.69, 9.17) is 11.6 Å². The molecule has 0 aliphatic rings. The molecule has 0 aliphatic heterocycles. The van der Waals surface area contributed by atoms with Crippen molar-refractivity contribution in [1.29, 1.82) is 0 Å². The van der Waals surface area contributed by atoms with Crippen LogP contribution in [-0.2, 0) is 11.2 Å². The van der Waals surface area contributed by atoms with E-state index in [0.717, 1.165) is 5.56 Å². The van der Waals surface area contributed by atoms with Crippen LogP contribution in [0.15, 0.2) is 66.9 Å². The quantitative estimate of drug-likeness (QED) is 0.697. The number of nitrogens with zero attached hydrogens (tertiary/aromatic N) is 1. The molecule has 0 fully saturated rings. The van der Waals surface area contributed by atoms with Gasteiger partial charge >= 0.3 is 0 Å². The fourth-order valence-electron chi connectivity index (χ4n) is 2.31. The minimum absolute atomic E-state index is 0.144. The lowest BCUT2D eigenvalue weighted by atomic mass is 10.1. The molecular formula is C21H14ClFN2O. The number of halogens is 2. The zero-order valence-electron chi connectivity index (χ0n) is 13.7. The number of carbonyl (C=O) groups excluding carboxylic acids is 1. The smallest absolute Gasteiger partial charge is 0.228 e. The summed E-state index contributed by atoms with van der Waals surface area (Å²) in [6, 6.07) is 16.9. The lowest BCUT2D eigenvalue weighted by molar-refractivity contribution is -0.115. The third-order valence-corrected chi connectivity index (χ3v) is 3.90. The first-order valence-electron chi connectivity index (χ1n) is 7.88. The summed E-state index contributed by atoms with van der Waals surface area (Å²) >= 11 is 5.96. The zero-order valence-corrected chi connectivity index (χ0v) is 14.4. The first-order valence-corrected chi connectivity index (χ1v) is 8.25. The van der Waals surface area contributed by atoms with Gasteiger partial charge in [-0.3, -0.25) is 4.79 Å². The molecule has 0 bridgehead atoms. The minimum atomic E-state index is -0.498. The van der Waals surface area contributed by atoms with E-state index in [9.17, 15) is 9.18 Å². The second-order valence-corrected chi connectivity index (χ2v) is 5.88. The fourth-order valence-corrected chi connectivity index (χ4v) is 2.54. The molecule has 26 heavy (non-hydrogen) atoms. The predicted octanol–water partition coefficient (Wildman–Crippen LogP) is 4.46. The summed E-state index contributed by atoms with van der Waals surface area (Å²) in [6.45, 7) is 0. The third kappa shape index (κ3) is 4.69. The van der Waals surface area contributed by atoms with Crippen LogP contribution in [0.5, 0.6) is 0 Å². The van der Waals surface area contributed by atoms with Gasteiger partial charge in [0.1, 0.15) is 11.5 Å². The standard InChI is InChI=1S/C21H14ClFN2O/c22-19-8-4-9-20(23)18(19)14-21(26)25-17-7-3-5-15(13-17)10-11-16-6-1-2-12-24-16/h1-9,12-13H,14H2,(H,25,26). The van der Waals surface area contributed by atoms with Gasteiger partial charge in [-0.2, -0.15) is 0 Å². The molecule has 1 N–H and O–H groups in total. The highest BCUT2D eigenvalue weighted by molar-refractivity contribution is 6.31. The monoisotopic (exact) mass is 364 g/mol. The van der Waals surface area contributed by atoms with Crippen molar-refractivity contribution in [1.82, 2.24) is 4.98 Å². The van der Waals surface area contributed by atoms with E-state index >= 15 is 0 Å². The SMILES string of the molecule is O=C(Cc1c(F)cccc1Cl)Nc1cccc(C#Cc2ccccn2)c1. The van der Waals surface area contributed by atoms with Gasteiger partial charge in [-0.05, 0) is 48.4 Å². The Morgan fingerprint density at radius 1 is 1.08 bits per heavy atom. The number of hydrogen-bond acceptors (Lipinski definition) is 2. The van der Waals surface area contributed by atoms with Gasteiger partial charge in [-0.1, -0.05) is 35.7 Å². The molecule has 0 saturated heterocycles. The maximum absolute atomic E-state index is 13.8. The van der Waals surface area contributed by atoms with Crippen molar-refractivity contribution in [3.05, 3.63) is 94.5 Å². The summed E-state index contributed by atoms with van der Waals surface area (Å²) in [5.41, 5.74) is 2.15. The van der Waals surface area contributed by atoms with Crippen molar-refractivity contribution in [3.63, 3.8) is 0 Å². The summed E-state index contributed by atoms with van der Waals surface area (Å²) in [7, 11) is 0. The number of carbonyl (C=O) groups is 1. The van der Waals surface area contributed by atoms with Crippen LogP contribution in [0, 0.1) is 17.7 Å². The maximum atomic E-state index is 13.8. The Bertz CT molecular complexity index is 973. The highest BCUT2D eigenvalue weighted by atomic mass is 35.5. The number of anilines is 1. The molecule has 1 aromatic heterocycles. The Kier molecular flexibility index (Phi) is 5.62. The van der Waals surface area contributed by atoms with Gasteiger partial charge in [-0.25, -0.2) is 9.37 Å². The zero-order chi connectivity index (χ0) is 18.4. The molecule has 5 heteroatoms. The molecule has 0 spiro atoms. The summed E-state index contributed by atoms with van der Waals surface area (Å²) in [5, 5.41) is 2.97. The van der Waals surface area contributed by atoms with E-state index in [1.54, 1.807) is 30.5 Å². The van der Waals surface area contributed by atoms with Crippen LogP contribution in [-0.4, -0.2) is 10.9 Å². The van der Waals surface area contributed by atoms with Crippen LogP contribution in [0.25, 0.3) is 0 Å². The number of aromatic nitrogens is 1. The summed E-state index contributed by atoms with van der Waals surface area (Å²) in [4.78, 5) is 16.3. The molecule has 3 nitrogen and oxygen atoms in total. The van der Waals surface area contributed by atoms with Gasteiger partial charge in [0.25, 0.3) is 0 Å². The lowest BCUT2D eigenvalue weighted by Crippen LogP contribution is -2.15. The van der Waals surface area contributed by atoms with Gasteiger partial charge in [0.15, 0.2) is 0 Å². The minimum Gasteiger partial charge on any atom is -0.326 e. The first kappa shape index (κ1) is 17.7. The lowest BCUT2D eigenvalue weighted by Gasteiger charge is -2.08. The summed E-state index contributed by atoms with van der Waals surface area (Å²) < 4.78 is 13.8. The van der Waals surface area contributed by atoms with Crippen LogP contribution in [0.4, 0.5) is 10.1 Å². The number of benzene rings is 2. The van der Waals surface area contributed by atoms with Crippen LogP contribution in [0.2, 0.25) is 5.02 Å². The van der Waals surface area contributed by atoms with Crippen LogP contribution >= 0.6 is 11.6 Å². The predicted molar refractivity (Wildman–Crippen MR) is 100 cm³/mol. The van der Waals surface area contributed by atoms with Gasteiger partial charge in [0.05, 0.1) is 6.42 Å². The molecule has 3 rings (SSSR count). The second kappa shape index (κ2) is 8.28. The van der Waals surface area contributed by atoms with E-state index in [1.807, 2.05) is 24.3 Å². The fraction of sp³-hybridized carbons (Fsp3) is 0.0476. The Morgan fingerprint density at radius 2 is 1.92 bits per heavy atom. The van der Waals surface area contributed by atoms with Crippen molar-refractivity contribution in [2.45, 2.75) is 6.42 Å². The maximum Gasteiger partial charge on any atom is 0.228 e. The van der Waals surface area contributed by atoms with Crippen molar-refractivity contribution >= 4 is 23.2 Å². The average Bonchev–Trinajstić information content (AvgIpc) is 2.64. The Labute approximate surface area is 155 Å². The van der Waals surface area contributed by atoms with E-state index in [1.165, 1.54) is 12.1 Å². The molecule has 1 amide bonds. The van der Waals surface area contributed by atoms with Crippen LogP contribution < -0.4 is 5.32 Å². The molecule has 2 aromatic carbocycles. The number of rotatable bonds is 3. The molecule has 0 unspecified atom stereocenters. The first-order chi connectivity index (χ1) is 12.6. The number of hydrogen-bond donors (Lipinski definition) is 1. The average molecular weight is 365 g/mol. The van der Waals surface area contributed by atoms with E-state index in [-0.39, 0.29) is 22.9 Å². The van der Waals surface area contributed by atoms with Gasteiger partial charge in [0, 0.05) is 28.0 Å². The van der Waals surface area contributed by atoms with Crippen molar-refractivity contribution in [3.8, 4) is 11.8 Å².